The monoisotopic (exact) mass is 291 g/mol. The highest BCUT2D eigenvalue weighted by atomic mass is 16.7. The second kappa shape index (κ2) is 4.74. The molecule has 1 unspecified atom stereocenters. The Morgan fingerprint density at radius 2 is 2.38 bits per heavy atom. The molecule has 3 rings (SSSR count). The predicted molar refractivity (Wildman–Crippen MR) is 72.9 cm³/mol. The molecule has 2 aromatic rings. The molecule has 0 saturated heterocycles. The topological polar surface area (TPSA) is 120 Å². The largest absolute Gasteiger partial charge is 0.466 e. The Labute approximate surface area is 118 Å². The van der Waals surface area contributed by atoms with Crippen LogP contribution in [0.2, 0.25) is 0 Å². The fraction of sp³-hybridized carbons (Fsp3) is 0.308. The number of oxime groups is 1. The molecule has 0 fully saturated rings. The Kier molecular flexibility index (Phi) is 3.02. The highest BCUT2D eigenvalue weighted by molar-refractivity contribution is 6.06. The summed E-state index contributed by atoms with van der Waals surface area (Å²) in [5.41, 5.74) is 6.54. The van der Waals surface area contributed by atoms with E-state index in [9.17, 15) is 9.59 Å². The number of aromatic nitrogens is 1. The molecule has 1 aliphatic heterocycles. The lowest BCUT2D eigenvalue weighted by molar-refractivity contribution is -0.165. The van der Waals surface area contributed by atoms with E-state index in [4.69, 9.17) is 19.7 Å². The number of hydrogen-bond acceptors (Lipinski definition) is 7. The van der Waals surface area contributed by atoms with Gasteiger partial charge in [-0.2, -0.15) is 0 Å². The van der Waals surface area contributed by atoms with E-state index in [0.29, 0.717) is 22.4 Å². The van der Waals surface area contributed by atoms with Crippen molar-refractivity contribution in [1.82, 2.24) is 4.98 Å². The predicted octanol–water partition coefficient (Wildman–Crippen LogP) is 0.116. The van der Waals surface area contributed by atoms with Gasteiger partial charge < -0.3 is 19.7 Å². The fourth-order valence-electron chi connectivity index (χ4n) is 2.25. The first kappa shape index (κ1) is 13.4. The number of H-pyrrole nitrogens is 1. The number of aromatic amines is 1. The second-order valence-electron chi connectivity index (χ2n) is 4.72. The van der Waals surface area contributed by atoms with Crippen molar-refractivity contribution in [2.75, 3.05) is 13.7 Å². The Bertz CT molecular complexity index is 790. The summed E-state index contributed by atoms with van der Waals surface area (Å²) in [7, 11) is 1.27. The first-order valence-electron chi connectivity index (χ1n) is 6.25. The van der Waals surface area contributed by atoms with Gasteiger partial charge in [-0.3, -0.25) is 4.98 Å². The van der Waals surface area contributed by atoms with Gasteiger partial charge >= 0.3 is 11.7 Å². The zero-order valence-corrected chi connectivity index (χ0v) is 11.2. The van der Waals surface area contributed by atoms with E-state index >= 15 is 0 Å². The van der Waals surface area contributed by atoms with Crippen molar-refractivity contribution in [2.45, 2.75) is 12.0 Å². The zero-order valence-electron chi connectivity index (χ0n) is 11.2. The van der Waals surface area contributed by atoms with Crippen LogP contribution < -0.4 is 11.5 Å². The van der Waals surface area contributed by atoms with Crippen LogP contribution in [0.25, 0.3) is 11.1 Å². The maximum Gasteiger partial charge on any atom is 0.417 e. The third-order valence-corrected chi connectivity index (χ3v) is 3.42. The summed E-state index contributed by atoms with van der Waals surface area (Å²) >= 11 is 0. The Morgan fingerprint density at radius 1 is 1.57 bits per heavy atom. The Balaban J connectivity index is 1.93. The molecular weight excluding hydrogens is 278 g/mol. The van der Waals surface area contributed by atoms with Crippen LogP contribution in [0.1, 0.15) is 12.0 Å². The number of carbonyl (C=O) groups excluding carboxylic acids is 1. The van der Waals surface area contributed by atoms with Gasteiger partial charge in [-0.05, 0) is 12.1 Å². The minimum atomic E-state index is -1.29. The fourth-order valence-corrected chi connectivity index (χ4v) is 2.25. The number of esters is 1. The quantitative estimate of drug-likeness (QED) is 0.775. The molecule has 3 N–H and O–H groups in total. The number of nitrogens with zero attached hydrogens (tertiary/aromatic N) is 1. The van der Waals surface area contributed by atoms with Gasteiger partial charge in [0.2, 0.25) is 0 Å². The van der Waals surface area contributed by atoms with Crippen molar-refractivity contribution in [1.29, 1.82) is 0 Å². The molecule has 0 spiro atoms. The van der Waals surface area contributed by atoms with E-state index < -0.39 is 17.3 Å². The maximum atomic E-state index is 11.8. The van der Waals surface area contributed by atoms with Crippen molar-refractivity contribution in [2.24, 2.45) is 10.9 Å². The number of nitrogens with one attached hydrogen (secondary N) is 1. The molecule has 110 valence electrons. The van der Waals surface area contributed by atoms with Crippen molar-refractivity contribution in [3.8, 4) is 0 Å². The molecule has 0 radical (unpaired) electrons. The molecule has 8 heteroatoms. The molecule has 0 bridgehead atoms. The van der Waals surface area contributed by atoms with Gasteiger partial charge in [0, 0.05) is 18.5 Å². The number of hydrogen-bond donors (Lipinski definition) is 2. The van der Waals surface area contributed by atoms with Crippen molar-refractivity contribution >= 4 is 22.8 Å². The molecule has 1 aromatic carbocycles. The van der Waals surface area contributed by atoms with Crippen LogP contribution >= 0.6 is 0 Å². The molecule has 1 aliphatic rings. The van der Waals surface area contributed by atoms with Crippen LogP contribution in [0.15, 0.2) is 32.6 Å². The van der Waals surface area contributed by atoms with Gasteiger partial charge in [0.1, 0.15) is 0 Å². The normalized spacial score (nSPS) is 21.1. The van der Waals surface area contributed by atoms with E-state index in [1.54, 1.807) is 18.2 Å². The first-order valence-corrected chi connectivity index (χ1v) is 6.25. The smallest absolute Gasteiger partial charge is 0.417 e. The molecule has 0 aliphatic carbocycles. The van der Waals surface area contributed by atoms with Gasteiger partial charge in [-0.15, -0.1) is 0 Å². The number of ether oxygens (including phenoxy) is 1. The van der Waals surface area contributed by atoms with E-state index in [1.807, 2.05) is 0 Å². The minimum absolute atomic E-state index is 0.0475. The molecular formula is C13H13N3O5. The summed E-state index contributed by atoms with van der Waals surface area (Å²) < 4.78 is 9.70. The summed E-state index contributed by atoms with van der Waals surface area (Å²) in [4.78, 5) is 30.7. The number of nitrogens with two attached hydrogens (primary N) is 1. The number of fused-ring (bicyclic) bond motifs is 1. The second-order valence-corrected chi connectivity index (χ2v) is 4.72. The van der Waals surface area contributed by atoms with E-state index in [2.05, 4.69) is 10.1 Å². The first-order chi connectivity index (χ1) is 10.1. The summed E-state index contributed by atoms with van der Waals surface area (Å²) in [6.07, 6.45) is 0.191. The van der Waals surface area contributed by atoms with Gasteiger partial charge in [0.25, 0.3) is 5.60 Å². The van der Waals surface area contributed by atoms with Gasteiger partial charge in [-0.1, -0.05) is 11.2 Å². The third kappa shape index (κ3) is 2.09. The number of methoxy groups -OCH3 is 1. The summed E-state index contributed by atoms with van der Waals surface area (Å²) in [6, 6.07) is 5.10. The average molecular weight is 291 g/mol. The van der Waals surface area contributed by atoms with Crippen LogP contribution in [0.4, 0.5) is 0 Å². The van der Waals surface area contributed by atoms with Crippen LogP contribution in [0.5, 0.6) is 0 Å². The molecule has 0 amide bonds. The molecule has 2 heterocycles. The van der Waals surface area contributed by atoms with E-state index in [-0.39, 0.29) is 13.0 Å². The van der Waals surface area contributed by atoms with Crippen molar-refractivity contribution in [3.63, 3.8) is 0 Å². The Morgan fingerprint density at radius 3 is 3.10 bits per heavy atom. The SMILES string of the molecule is COC(=O)C1(CN)CC(c2ccc3[nH]c(=O)oc3c2)=NO1. The van der Waals surface area contributed by atoms with E-state index in [0.717, 1.165) is 0 Å². The lowest BCUT2D eigenvalue weighted by Crippen LogP contribution is -2.46. The van der Waals surface area contributed by atoms with Gasteiger partial charge in [0.15, 0.2) is 5.58 Å². The van der Waals surface area contributed by atoms with Crippen molar-refractivity contribution < 1.29 is 18.8 Å². The number of carbonyl (C=O) groups is 1. The standard InChI is InChI=1S/C13H13N3O5/c1-19-11(17)13(6-14)5-9(16-21-13)7-2-3-8-10(4-7)20-12(18)15-8/h2-4H,5-6,14H2,1H3,(H,15,18). The average Bonchev–Trinajstić information content (AvgIpc) is 3.08. The van der Waals surface area contributed by atoms with Crippen LogP contribution in [0, 0.1) is 0 Å². The van der Waals surface area contributed by atoms with Crippen LogP contribution in [-0.2, 0) is 14.4 Å². The van der Waals surface area contributed by atoms with Crippen molar-refractivity contribution in [3.05, 3.63) is 34.3 Å². The van der Waals surface area contributed by atoms with Gasteiger partial charge in [0.05, 0.1) is 18.3 Å². The third-order valence-electron chi connectivity index (χ3n) is 3.42. The lowest BCUT2D eigenvalue weighted by atomic mass is 9.94. The maximum absolute atomic E-state index is 11.8. The summed E-state index contributed by atoms with van der Waals surface area (Å²) in [5.74, 6) is -1.10. The molecule has 8 nitrogen and oxygen atoms in total. The van der Waals surface area contributed by atoms with Crippen LogP contribution in [0.3, 0.4) is 0 Å². The number of rotatable bonds is 3. The number of oxazole rings is 1. The summed E-state index contributed by atoms with van der Waals surface area (Å²) in [6.45, 7) is -0.0475. The molecule has 1 atom stereocenters. The molecule has 0 saturated carbocycles. The minimum Gasteiger partial charge on any atom is -0.466 e. The summed E-state index contributed by atoms with van der Waals surface area (Å²) in [5, 5.41) is 3.92. The van der Waals surface area contributed by atoms with Gasteiger partial charge in [-0.25, -0.2) is 9.59 Å². The Hall–Kier alpha value is -2.61. The van der Waals surface area contributed by atoms with E-state index in [1.165, 1.54) is 7.11 Å². The zero-order chi connectivity index (χ0) is 15.0. The molecule has 21 heavy (non-hydrogen) atoms. The number of benzene rings is 1. The lowest BCUT2D eigenvalue weighted by Gasteiger charge is -2.21. The molecule has 1 aromatic heterocycles. The van der Waals surface area contributed by atoms with Crippen LogP contribution in [-0.4, -0.2) is 35.9 Å². The highest BCUT2D eigenvalue weighted by Crippen LogP contribution is 2.28. The highest BCUT2D eigenvalue weighted by Gasteiger charge is 2.47.